The Balaban J connectivity index is 1.63. The minimum atomic E-state index is -4.36. The zero-order chi connectivity index (χ0) is 17.2. The highest BCUT2D eigenvalue weighted by Crippen LogP contribution is 2.31. The maximum absolute atomic E-state index is 12.2. The smallest absolute Gasteiger partial charge is 0.422 e. The summed E-state index contributed by atoms with van der Waals surface area (Å²) in [5, 5.41) is 13.5. The van der Waals surface area contributed by atoms with Crippen molar-refractivity contribution in [1.82, 2.24) is 5.32 Å². The van der Waals surface area contributed by atoms with E-state index >= 15 is 0 Å². The largest absolute Gasteiger partial charge is 0.484 e. The summed E-state index contributed by atoms with van der Waals surface area (Å²) < 4.78 is 41.4. The number of halogens is 3. The van der Waals surface area contributed by atoms with Gasteiger partial charge in [-0.1, -0.05) is 36.4 Å². The van der Waals surface area contributed by atoms with Gasteiger partial charge >= 0.3 is 6.18 Å². The van der Waals surface area contributed by atoms with E-state index in [1.165, 1.54) is 6.07 Å². The van der Waals surface area contributed by atoms with Crippen LogP contribution in [-0.4, -0.2) is 24.0 Å². The summed E-state index contributed by atoms with van der Waals surface area (Å²) in [6.45, 7) is -0.877. The molecule has 0 fully saturated rings. The van der Waals surface area contributed by atoms with Crippen LogP contribution in [0.3, 0.4) is 0 Å². The summed E-state index contributed by atoms with van der Waals surface area (Å²) in [6, 6.07) is 14.2. The lowest BCUT2D eigenvalue weighted by atomic mass is 10.1. The fraction of sp³-hybridized carbons (Fsp3) is 0.333. The first-order valence-electron chi connectivity index (χ1n) is 7.70. The number of hydrogen-bond acceptors (Lipinski definition) is 3. The first-order valence-corrected chi connectivity index (χ1v) is 7.70. The normalized spacial score (nSPS) is 20.0. The Labute approximate surface area is 138 Å². The summed E-state index contributed by atoms with van der Waals surface area (Å²) in [7, 11) is 0. The first kappa shape index (κ1) is 16.8. The summed E-state index contributed by atoms with van der Waals surface area (Å²) >= 11 is 0. The summed E-state index contributed by atoms with van der Waals surface area (Å²) in [6.07, 6.45) is -4.26. The summed E-state index contributed by atoms with van der Waals surface area (Å²) in [4.78, 5) is 0. The summed E-state index contributed by atoms with van der Waals surface area (Å²) in [5.41, 5.74) is 2.98. The third-order valence-corrected chi connectivity index (χ3v) is 4.03. The van der Waals surface area contributed by atoms with Crippen molar-refractivity contribution in [3.8, 4) is 5.75 Å². The van der Waals surface area contributed by atoms with Gasteiger partial charge in [0.15, 0.2) is 6.61 Å². The molecule has 0 amide bonds. The maximum atomic E-state index is 12.2. The van der Waals surface area contributed by atoms with E-state index in [0.717, 1.165) is 16.7 Å². The predicted octanol–water partition coefficient (Wildman–Crippen LogP) is 3.38. The number of fused-ring (bicyclic) bond motifs is 1. The van der Waals surface area contributed by atoms with Gasteiger partial charge in [0.2, 0.25) is 0 Å². The van der Waals surface area contributed by atoms with Crippen LogP contribution in [0, 0.1) is 0 Å². The van der Waals surface area contributed by atoms with Crippen LogP contribution in [0.5, 0.6) is 5.75 Å². The summed E-state index contributed by atoms with van der Waals surface area (Å²) in [5.74, 6) is 0.180. The number of aliphatic hydroxyl groups is 1. The lowest BCUT2D eigenvalue weighted by molar-refractivity contribution is -0.153. The standard InChI is InChI=1S/C18H18F3NO2/c19-18(20,21)11-24-14-6-3-4-12(8-14)10-22-17-15-7-2-1-5-13(15)9-16(17)23/h1-8,16-17,22-23H,9-11H2/t16-,17+/m0/s1. The van der Waals surface area contributed by atoms with Gasteiger partial charge in [-0.2, -0.15) is 13.2 Å². The van der Waals surface area contributed by atoms with Gasteiger partial charge in [-0.15, -0.1) is 0 Å². The van der Waals surface area contributed by atoms with Crippen molar-refractivity contribution in [1.29, 1.82) is 0 Å². The topological polar surface area (TPSA) is 41.5 Å². The van der Waals surface area contributed by atoms with Crippen LogP contribution < -0.4 is 10.1 Å². The van der Waals surface area contributed by atoms with E-state index in [1.54, 1.807) is 18.2 Å². The monoisotopic (exact) mass is 337 g/mol. The van der Waals surface area contributed by atoms with Crippen molar-refractivity contribution >= 4 is 0 Å². The number of benzene rings is 2. The molecule has 3 rings (SSSR count). The van der Waals surface area contributed by atoms with Crippen LogP contribution >= 0.6 is 0 Å². The van der Waals surface area contributed by atoms with Crippen LogP contribution in [0.25, 0.3) is 0 Å². The molecule has 0 bridgehead atoms. The van der Waals surface area contributed by atoms with Crippen LogP contribution in [0.1, 0.15) is 22.7 Å². The Morgan fingerprint density at radius 2 is 1.92 bits per heavy atom. The molecule has 24 heavy (non-hydrogen) atoms. The number of ether oxygens (including phenoxy) is 1. The number of nitrogens with one attached hydrogen (secondary N) is 1. The molecule has 2 aromatic rings. The van der Waals surface area contributed by atoms with Crippen LogP contribution in [-0.2, 0) is 13.0 Å². The zero-order valence-electron chi connectivity index (χ0n) is 12.9. The van der Waals surface area contributed by atoms with Crippen molar-refractivity contribution in [2.24, 2.45) is 0 Å². The van der Waals surface area contributed by atoms with E-state index in [9.17, 15) is 18.3 Å². The van der Waals surface area contributed by atoms with E-state index in [0.29, 0.717) is 13.0 Å². The third kappa shape index (κ3) is 4.07. The fourth-order valence-electron chi connectivity index (χ4n) is 2.96. The zero-order valence-corrected chi connectivity index (χ0v) is 12.9. The van der Waals surface area contributed by atoms with E-state index in [2.05, 4.69) is 5.32 Å². The SMILES string of the molecule is O[C@H]1Cc2ccccc2[C@H]1NCc1cccc(OCC(F)(F)F)c1. The van der Waals surface area contributed by atoms with Crippen molar-refractivity contribution in [2.75, 3.05) is 6.61 Å². The van der Waals surface area contributed by atoms with Crippen LogP contribution in [0.15, 0.2) is 48.5 Å². The average Bonchev–Trinajstić information content (AvgIpc) is 2.86. The molecular weight excluding hydrogens is 319 g/mol. The Morgan fingerprint density at radius 1 is 1.12 bits per heavy atom. The molecule has 0 saturated heterocycles. The van der Waals surface area contributed by atoms with E-state index < -0.39 is 18.9 Å². The molecule has 0 saturated carbocycles. The number of aliphatic hydroxyl groups excluding tert-OH is 1. The van der Waals surface area contributed by atoms with Gasteiger partial charge in [0, 0.05) is 13.0 Å². The van der Waals surface area contributed by atoms with E-state index in [-0.39, 0.29) is 11.8 Å². The fourth-order valence-corrected chi connectivity index (χ4v) is 2.96. The Bertz CT molecular complexity index is 703. The maximum Gasteiger partial charge on any atom is 0.422 e. The van der Waals surface area contributed by atoms with Crippen molar-refractivity contribution in [2.45, 2.75) is 31.3 Å². The molecule has 1 aliphatic rings. The second kappa shape index (κ2) is 6.83. The van der Waals surface area contributed by atoms with E-state index in [1.807, 2.05) is 24.3 Å². The molecule has 0 aromatic heterocycles. The lowest BCUT2D eigenvalue weighted by Gasteiger charge is -2.18. The van der Waals surface area contributed by atoms with Gasteiger partial charge in [-0.3, -0.25) is 0 Å². The number of rotatable bonds is 5. The van der Waals surface area contributed by atoms with Crippen molar-refractivity contribution < 1.29 is 23.0 Å². The number of hydrogen-bond donors (Lipinski definition) is 2. The average molecular weight is 337 g/mol. The van der Waals surface area contributed by atoms with Crippen LogP contribution in [0.2, 0.25) is 0 Å². The van der Waals surface area contributed by atoms with Gasteiger partial charge in [-0.05, 0) is 28.8 Å². The molecule has 0 spiro atoms. The molecule has 2 atom stereocenters. The molecule has 1 aliphatic carbocycles. The second-order valence-corrected chi connectivity index (χ2v) is 5.88. The second-order valence-electron chi connectivity index (χ2n) is 5.88. The van der Waals surface area contributed by atoms with Gasteiger partial charge in [0.25, 0.3) is 0 Å². The Hall–Kier alpha value is -2.05. The van der Waals surface area contributed by atoms with Gasteiger partial charge in [-0.25, -0.2) is 0 Å². The molecule has 2 aromatic carbocycles. The van der Waals surface area contributed by atoms with Crippen LogP contribution in [0.4, 0.5) is 13.2 Å². The van der Waals surface area contributed by atoms with Gasteiger partial charge < -0.3 is 15.2 Å². The lowest BCUT2D eigenvalue weighted by Crippen LogP contribution is -2.28. The van der Waals surface area contributed by atoms with Crippen molar-refractivity contribution in [3.05, 3.63) is 65.2 Å². The molecule has 128 valence electrons. The minimum absolute atomic E-state index is 0.180. The molecule has 0 radical (unpaired) electrons. The molecule has 2 N–H and O–H groups in total. The molecule has 6 heteroatoms. The molecule has 0 heterocycles. The molecule has 0 aliphatic heterocycles. The van der Waals surface area contributed by atoms with E-state index in [4.69, 9.17) is 4.74 Å². The number of alkyl halides is 3. The molecule has 3 nitrogen and oxygen atoms in total. The molecular formula is C18H18F3NO2. The van der Waals surface area contributed by atoms with Gasteiger partial charge in [0.05, 0.1) is 12.1 Å². The Kier molecular flexibility index (Phi) is 4.78. The molecule has 0 unspecified atom stereocenters. The highest BCUT2D eigenvalue weighted by molar-refractivity contribution is 5.36. The highest BCUT2D eigenvalue weighted by Gasteiger charge is 2.30. The third-order valence-electron chi connectivity index (χ3n) is 4.03. The quantitative estimate of drug-likeness (QED) is 0.879. The Morgan fingerprint density at radius 3 is 2.71 bits per heavy atom. The minimum Gasteiger partial charge on any atom is -0.484 e. The highest BCUT2D eigenvalue weighted by atomic mass is 19.4. The van der Waals surface area contributed by atoms with Crippen molar-refractivity contribution in [3.63, 3.8) is 0 Å². The predicted molar refractivity (Wildman–Crippen MR) is 83.7 cm³/mol. The first-order chi connectivity index (χ1) is 11.4. The van der Waals surface area contributed by atoms with Gasteiger partial charge in [0.1, 0.15) is 5.75 Å².